The van der Waals surface area contributed by atoms with Crippen LogP contribution in [-0.2, 0) is 21.5 Å². The number of rotatable bonds is 3. The van der Waals surface area contributed by atoms with Crippen LogP contribution in [0.5, 0.6) is 0 Å². The molecule has 1 fully saturated rings. The molecule has 3 aliphatic rings. The van der Waals surface area contributed by atoms with Crippen molar-refractivity contribution in [2.24, 2.45) is 0 Å². The van der Waals surface area contributed by atoms with Crippen LogP contribution >= 0.6 is 11.8 Å². The van der Waals surface area contributed by atoms with Gasteiger partial charge in [-0.3, -0.25) is 14.5 Å². The molecule has 4 amide bonds. The largest absolute Gasteiger partial charge is 0.325 e. The van der Waals surface area contributed by atoms with Crippen molar-refractivity contribution in [1.82, 2.24) is 10.2 Å². The van der Waals surface area contributed by atoms with Crippen molar-refractivity contribution in [2.75, 3.05) is 17.2 Å². The molecule has 0 aromatic heterocycles. The molecule has 2 heterocycles. The first-order chi connectivity index (χ1) is 16.6. The number of aryl methyl sites for hydroxylation is 1. The van der Waals surface area contributed by atoms with E-state index in [9.17, 15) is 14.4 Å². The van der Waals surface area contributed by atoms with Crippen LogP contribution in [0.3, 0.4) is 0 Å². The van der Waals surface area contributed by atoms with Gasteiger partial charge in [0.05, 0.1) is 11.7 Å². The van der Waals surface area contributed by atoms with Crippen molar-refractivity contribution in [2.45, 2.75) is 29.3 Å². The highest BCUT2D eigenvalue weighted by Crippen LogP contribution is 2.44. The number of hydrogen-bond acceptors (Lipinski definition) is 4. The van der Waals surface area contributed by atoms with Crippen LogP contribution in [0.15, 0.2) is 83.8 Å². The number of carbonyl (C=O) groups excluding carboxylic acids is 3. The Morgan fingerprint density at radius 2 is 1.71 bits per heavy atom. The van der Waals surface area contributed by atoms with Crippen LogP contribution in [0.2, 0.25) is 0 Å². The summed E-state index contributed by atoms with van der Waals surface area (Å²) in [5, 5.41) is 2.92. The van der Waals surface area contributed by atoms with E-state index in [-0.39, 0.29) is 24.4 Å². The third-order valence-electron chi connectivity index (χ3n) is 7.00. The lowest BCUT2D eigenvalue weighted by Gasteiger charge is -2.37. The molecule has 0 saturated carbocycles. The standard InChI is InChI=1S/C27H23N3O3S/c31-24(16-29-25(32)27(28-26(29)33)15-14-18-8-4-5-11-20(18)27)30-21-12-6-7-13-23(21)34-17-22(30)19-9-2-1-3-10-19/h1-13,22H,14-17H2,(H,28,33)/t22-,27-/m0/s1. The Balaban J connectivity index is 1.33. The van der Waals surface area contributed by atoms with Crippen LogP contribution < -0.4 is 10.2 Å². The molecule has 6 nitrogen and oxygen atoms in total. The Hall–Kier alpha value is -3.58. The molecule has 0 unspecified atom stereocenters. The van der Waals surface area contributed by atoms with Crippen molar-refractivity contribution >= 4 is 35.3 Å². The Labute approximate surface area is 201 Å². The molecule has 1 spiro atoms. The summed E-state index contributed by atoms with van der Waals surface area (Å²) in [4.78, 5) is 44.2. The van der Waals surface area contributed by atoms with Gasteiger partial charge in [-0.1, -0.05) is 66.7 Å². The molecule has 2 aliphatic heterocycles. The summed E-state index contributed by atoms with van der Waals surface area (Å²) in [5.41, 5.74) is 2.67. The summed E-state index contributed by atoms with van der Waals surface area (Å²) < 4.78 is 0. The second-order valence-corrected chi connectivity index (χ2v) is 9.91. The molecule has 0 bridgehead atoms. The second kappa shape index (κ2) is 8.02. The van der Waals surface area contributed by atoms with Gasteiger partial charge in [0.25, 0.3) is 5.91 Å². The molecule has 7 heteroatoms. The monoisotopic (exact) mass is 469 g/mol. The molecular formula is C27H23N3O3S. The van der Waals surface area contributed by atoms with E-state index in [4.69, 9.17) is 0 Å². The van der Waals surface area contributed by atoms with Crippen molar-refractivity contribution in [3.63, 3.8) is 0 Å². The molecule has 0 radical (unpaired) electrons. The van der Waals surface area contributed by atoms with E-state index < -0.39 is 11.6 Å². The number of nitrogens with zero attached hydrogens (tertiary/aromatic N) is 2. The fraction of sp³-hybridized carbons (Fsp3) is 0.222. The zero-order valence-corrected chi connectivity index (χ0v) is 19.3. The minimum Gasteiger partial charge on any atom is -0.319 e. The second-order valence-electron chi connectivity index (χ2n) is 8.85. The molecule has 34 heavy (non-hydrogen) atoms. The van der Waals surface area contributed by atoms with Crippen LogP contribution in [0, 0.1) is 0 Å². The van der Waals surface area contributed by atoms with E-state index in [1.165, 1.54) is 0 Å². The Morgan fingerprint density at radius 1 is 0.971 bits per heavy atom. The van der Waals surface area contributed by atoms with Crippen LogP contribution in [0.25, 0.3) is 0 Å². The zero-order valence-electron chi connectivity index (χ0n) is 18.4. The maximum atomic E-state index is 13.8. The number of anilines is 1. The molecule has 6 rings (SSSR count). The van der Waals surface area contributed by atoms with Crippen LogP contribution in [-0.4, -0.2) is 35.0 Å². The minimum atomic E-state index is -1.07. The highest BCUT2D eigenvalue weighted by Gasteiger charge is 2.55. The Kier molecular flexibility index (Phi) is 4.95. The predicted octanol–water partition coefficient (Wildman–Crippen LogP) is 4.26. The highest BCUT2D eigenvalue weighted by molar-refractivity contribution is 7.99. The minimum absolute atomic E-state index is 0.185. The van der Waals surface area contributed by atoms with Gasteiger partial charge in [-0.15, -0.1) is 11.8 Å². The van der Waals surface area contributed by atoms with Crippen molar-refractivity contribution in [3.8, 4) is 0 Å². The van der Waals surface area contributed by atoms with E-state index >= 15 is 0 Å². The third kappa shape index (κ3) is 3.15. The van der Waals surface area contributed by atoms with E-state index in [0.717, 1.165) is 38.6 Å². The van der Waals surface area contributed by atoms with Gasteiger partial charge in [-0.25, -0.2) is 4.79 Å². The zero-order chi connectivity index (χ0) is 23.3. The van der Waals surface area contributed by atoms with E-state index in [0.29, 0.717) is 12.2 Å². The molecule has 3 aromatic rings. The summed E-state index contributed by atoms with van der Waals surface area (Å²) in [6.45, 7) is -0.295. The first kappa shape index (κ1) is 21.0. The number of amides is 4. The number of para-hydroxylation sites is 1. The van der Waals surface area contributed by atoms with Crippen molar-refractivity contribution in [1.29, 1.82) is 0 Å². The first-order valence-electron chi connectivity index (χ1n) is 11.4. The number of carbonyl (C=O) groups is 3. The van der Waals surface area contributed by atoms with Gasteiger partial charge in [0.2, 0.25) is 5.91 Å². The molecule has 1 aliphatic carbocycles. The summed E-state index contributed by atoms with van der Waals surface area (Å²) in [5.74, 6) is 0.0877. The number of hydrogen-bond donors (Lipinski definition) is 1. The van der Waals surface area contributed by atoms with Crippen LogP contribution in [0.4, 0.5) is 10.5 Å². The normalized spacial score (nSPS) is 23.1. The summed E-state index contributed by atoms with van der Waals surface area (Å²) in [6.07, 6.45) is 1.23. The third-order valence-corrected chi connectivity index (χ3v) is 8.14. The Bertz CT molecular complexity index is 1310. The lowest BCUT2D eigenvalue weighted by Crippen LogP contribution is -2.47. The molecule has 2 atom stereocenters. The van der Waals surface area contributed by atoms with Gasteiger partial charge in [-0.05, 0) is 41.7 Å². The number of nitrogens with one attached hydrogen (secondary N) is 1. The SMILES string of the molecule is O=C1N[C@]2(CCc3ccccc32)C(=O)N1CC(=O)N1c2ccccc2SC[C@H]1c1ccccc1. The van der Waals surface area contributed by atoms with Crippen molar-refractivity contribution < 1.29 is 14.4 Å². The lowest BCUT2D eigenvalue weighted by molar-refractivity contribution is -0.134. The fourth-order valence-corrected chi connectivity index (χ4v) is 6.53. The van der Waals surface area contributed by atoms with E-state index in [1.54, 1.807) is 16.7 Å². The van der Waals surface area contributed by atoms with Crippen LogP contribution in [0.1, 0.15) is 29.2 Å². The number of urea groups is 1. The molecule has 1 saturated heterocycles. The van der Waals surface area contributed by atoms with Gasteiger partial charge in [-0.2, -0.15) is 0 Å². The summed E-state index contributed by atoms with van der Waals surface area (Å²) in [6, 6.07) is 24.7. The van der Waals surface area contributed by atoms with E-state index in [1.807, 2.05) is 78.9 Å². The fourth-order valence-electron chi connectivity index (χ4n) is 5.36. The van der Waals surface area contributed by atoms with Gasteiger partial charge in [0.15, 0.2) is 0 Å². The first-order valence-corrected chi connectivity index (χ1v) is 12.4. The smallest absolute Gasteiger partial charge is 0.319 e. The number of benzene rings is 3. The summed E-state index contributed by atoms with van der Waals surface area (Å²) in [7, 11) is 0. The molecule has 1 N–H and O–H groups in total. The quantitative estimate of drug-likeness (QED) is 0.582. The lowest BCUT2D eigenvalue weighted by atomic mass is 9.92. The van der Waals surface area contributed by atoms with Gasteiger partial charge in [0, 0.05) is 10.6 Å². The highest BCUT2D eigenvalue weighted by atomic mass is 32.2. The topological polar surface area (TPSA) is 69.7 Å². The molecule has 3 aromatic carbocycles. The van der Waals surface area contributed by atoms with Gasteiger partial charge in [0.1, 0.15) is 12.1 Å². The average Bonchev–Trinajstić information content (AvgIpc) is 3.36. The predicted molar refractivity (Wildman–Crippen MR) is 131 cm³/mol. The van der Waals surface area contributed by atoms with Gasteiger partial charge < -0.3 is 10.2 Å². The van der Waals surface area contributed by atoms with Gasteiger partial charge >= 0.3 is 6.03 Å². The molecule has 170 valence electrons. The number of fused-ring (bicyclic) bond motifs is 3. The number of imide groups is 1. The average molecular weight is 470 g/mol. The summed E-state index contributed by atoms with van der Waals surface area (Å²) >= 11 is 1.71. The molecular weight excluding hydrogens is 446 g/mol. The maximum absolute atomic E-state index is 13.8. The Morgan fingerprint density at radius 3 is 2.56 bits per heavy atom. The van der Waals surface area contributed by atoms with Crippen molar-refractivity contribution in [3.05, 3.63) is 95.6 Å². The number of thioether (sulfide) groups is 1. The van der Waals surface area contributed by atoms with E-state index in [2.05, 4.69) is 5.32 Å². The maximum Gasteiger partial charge on any atom is 0.325 e.